The maximum Gasteiger partial charge on any atom is 0.339 e. The molecule has 3 rings (SSSR count). The summed E-state index contributed by atoms with van der Waals surface area (Å²) < 4.78 is 29.5. The summed E-state index contributed by atoms with van der Waals surface area (Å²) in [4.78, 5) is 20.5. The van der Waals surface area contributed by atoms with Gasteiger partial charge in [-0.25, -0.2) is 0 Å². The van der Waals surface area contributed by atoms with E-state index < -0.39 is 31.3 Å². The molecule has 29 heavy (non-hydrogen) atoms. The molecule has 0 spiro atoms. The molecule has 0 amide bonds. The minimum absolute atomic E-state index is 0.00343. The summed E-state index contributed by atoms with van der Waals surface area (Å²) in [5, 5.41) is 24.8. The maximum atomic E-state index is 12.2. The molecule has 11 heteroatoms. The van der Waals surface area contributed by atoms with Crippen molar-refractivity contribution in [3.63, 3.8) is 0 Å². The third kappa shape index (κ3) is 4.65. The summed E-state index contributed by atoms with van der Waals surface area (Å²) in [5.41, 5.74) is -0.430. The highest BCUT2D eigenvalue weighted by molar-refractivity contribution is 7.87. The normalized spacial score (nSPS) is 10.9. The lowest BCUT2D eigenvalue weighted by Gasteiger charge is -2.09. The zero-order chi connectivity index (χ0) is 21.0. The van der Waals surface area contributed by atoms with Crippen LogP contribution in [0.1, 0.15) is 0 Å². The molecule has 10 nitrogen and oxygen atoms in total. The fourth-order valence-electron chi connectivity index (χ4n) is 2.40. The van der Waals surface area contributed by atoms with Gasteiger partial charge in [-0.3, -0.25) is 20.2 Å². The van der Waals surface area contributed by atoms with Crippen LogP contribution in [0.25, 0.3) is 0 Å². The van der Waals surface area contributed by atoms with E-state index in [4.69, 9.17) is 4.18 Å². The predicted molar refractivity (Wildman–Crippen MR) is 104 cm³/mol. The number of nitrogens with one attached hydrogen (secondary N) is 1. The van der Waals surface area contributed by atoms with E-state index in [9.17, 15) is 28.6 Å². The first-order valence-electron chi connectivity index (χ1n) is 8.06. The predicted octanol–water partition coefficient (Wildman–Crippen LogP) is 4.01. The topological polar surface area (TPSA) is 142 Å². The van der Waals surface area contributed by atoms with Crippen molar-refractivity contribution in [2.24, 2.45) is 0 Å². The van der Waals surface area contributed by atoms with Crippen LogP contribution in [0, 0.1) is 20.2 Å². The Bertz CT molecular complexity index is 1160. The Morgan fingerprint density at radius 1 is 0.828 bits per heavy atom. The lowest BCUT2D eigenvalue weighted by molar-refractivity contribution is -0.393. The molecule has 0 saturated heterocycles. The van der Waals surface area contributed by atoms with E-state index in [0.717, 1.165) is 12.1 Å². The van der Waals surface area contributed by atoms with Crippen molar-refractivity contribution in [1.29, 1.82) is 0 Å². The number of nitro groups is 2. The van der Waals surface area contributed by atoms with Gasteiger partial charge in [0, 0.05) is 11.8 Å². The molecule has 3 aromatic rings. The second-order valence-electron chi connectivity index (χ2n) is 5.72. The lowest BCUT2D eigenvalue weighted by Crippen LogP contribution is -2.09. The van der Waals surface area contributed by atoms with Crippen LogP contribution in [-0.4, -0.2) is 18.3 Å². The van der Waals surface area contributed by atoms with Crippen LogP contribution < -0.4 is 9.50 Å². The van der Waals surface area contributed by atoms with Gasteiger partial charge in [-0.05, 0) is 42.5 Å². The molecule has 0 bridgehead atoms. The summed E-state index contributed by atoms with van der Waals surface area (Å²) in [6, 6.07) is 16.5. The van der Waals surface area contributed by atoms with Crippen LogP contribution in [0.5, 0.6) is 5.75 Å². The highest BCUT2D eigenvalue weighted by Gasteiger charge is 2.20. The first kappa shape index (κ1) is 19.8. The molecule has 0 aliphatic heterocycles. The van der Waals surface area contributed by atoms with Gasteiger partial charge < -0.3 is 9.50 Å². The van der Waals surface area contributed by atoms with Gasteiger partial charge in [0.05, 0.1) is 15.9 Å². The van der Waals surface area contributed by atoms with Crippen molar-refractivity contribution in [3.8, 4) is 5.75 Å². The number of hydrogen-bond acceptors (Lipinski definition) is 8. The van der Waals surface area contributed by atoms with Crippen LogP contribution in [0.4, 0.5) is 22.7 Å². The average molecular weight is 415 g/mol. The Hall–Kier alpha value is -3.99. The molecular weight excluding hydrogens is 402 g/mol. The Morgan fingerprint density at radius 3 is 2.07 bits per heavy atom. The van der Waals surface area contributed by atoms with Crippen molar-refractivity contribution >= 4 is 32.9 Å². The van der Waals surface area contributed by atoms with E-state index in [0.29, 0.717) is 5.69 Å². The fraction of sp³-hybridized carbons (Fsp3) is 0. The molecular formula is C18H13N3O7S. The van der Waals surface area contributed by atoms with Crippen molar-refractivity contribution in [2.75, 3.05) is 5.32 Å². The Morgan fingerprint density at radius 2 is 1.48 bits per heavy atom. The summed E-state index contributed by atoms with van der Waals surface area (Å²) >= 11 is 0. The van der Waals surface area contributed by atoms with Crippen LogP contribution in [0.2, 0.25) is 0 Å². The molecule has 0 heterocycles. The smallest absolute Gasteiger partial charge is 0.339 e. The van der Waals surface area contributed by atoms with Crippen molar-refractivity contribution < 1.29 is 22.4 Å². The molecule has 0 aliphatic rings. The van der Waals surface area contributed by atoms with Crippen molar-refractivity contribution in [3.05, 3.63) is 93.0 Å². The third-order valence-electron chi connectivity index (χ3n) is 3.76. The number of hydrogen-bond donors (Lipinski definition) is 1. The number of benzene rings is 3. The van der Waals surface area contributed by atoms with Crippen molar-refractivity contribution in [2.45, 2.75) is 4.90 Å². The van der Waals surface area contributed by atoms with Crippen molar-refractivity contribution in [1.82, 2.24) is 0 Å². The van der Waals surface area contributed by atoms with E-state index in [1.165, 1.54) is 42.5 Å². The number of anilines is 2. The maximum absolute atomic E-state index is 12.2. The molecule has 0 aromatic heterocycles. The van der Waals surface area contributed by atoms with Gasteiger partial charge in [0.15, 0.2) is 0 Å². The third-order valence-corrected chi connectivity index (χ3v) is 5.02. The number of non-ortho nitro benzene ring substituents is 1. The van der Waals surface area contributed by atoms with Crippen LogP contribution >= 0.6 is 0 Å². The highest BCUT2D eigenvalue weighted by Crippen LogP contribution is 2.32. The first-order chi connectivity index (χ1) is 13.8. The quantitative estimate of drug-likeness (QED) is 0.346. The van der Waals surface area contributed by atoms with Crippen LogP contribution in [0.3, 0.4) is 0 Å². The van der Waals surface area contributed by atoms with Gasteiger partial charge in [-0.2, -0.15) is 8.42 Å². The minimum Gasteiger partial charge on any atom is -0.379 e. The minimum atomic E-state index is -3.99. The largest absolute Gasteiger partial charge is 0.379 e. The summed E-state index contributed by atoms with van der Waals surface area (Å²) in [6.45, 7) is 0. The van der Waals surface area contributed by atoms with E-state index in [1.807, 2.05) is 0 Å². The molecule has 0 aliphatic carbocycles. The number of nitro benzene ring substituents is 2. The highest BCUT2D eigenvalue weighted by atomic mass is 32.2. The van der Waals surface area contributed by atoms with Gasteiger partial charge >= 0.3 is 10.1 Å². The molecule has 0 fully saturated rings. The lowest BCUT2D eigenvalue weighted by atomic mass is 10.2. The molecule has 0 saturated carbocycles. The summed E-state index contributed by atoms with van der Waals surface area (Å²) in [5.74, 6) is 0.0533. The average Bonchev–Trinajstić information content (AvgIpc) is 2.70. The standard InChI is InChI=1S/C18H13N3O7S/c22-20(23)14-8-11-17(18(12-14)21(24)25)19-13-6-9-15(10-7-13)28-29(26,27)16-4-2-1-3-5-16/h1-12,19H. The van der Waals surface area contributed by atoms with Gasteiger partial charge in [-0.15, -0.1) is 0 Å². The second-order valence-corrected chi connectivity index (χ2v) is 7.26. The van der Waals surface area contributed by atoms with E-state index in [-0.39, 0.29) is 16.3 Å². The molecule has 3 aromatic carbocycles. The summed E-state index contributed by atoms with van der Waals surface area (Å²) in [7, 11) is -3.99. The fourth-order valence-corrected chi connectivity index (χ4v) is 3.35. The molecule has 148 valence electrons. The Labute approximate surface area is 164 Å². The van der Waals surface area contributed by atoms with Crippen LogP contribution in [-0.2, 0) is 10.1 Å². The van der Waals surface area contributed by atoms with E-state index in [1.54, 1.807) is 18.2 Å². The Balaban J connectivity index is 1.79. The summed E-state index contributed by atoms with van der Waals surface area (Å²) in [6.07, 6.45) is 0. The van der Waals surface area contributed by atoms with Gasteiger partial charge in [0.25, 0.3) is 11.4 Å². The van der Waals surface area contributed by atoms with Gasteiger partial charge in [0.2, 0.25) is 0 Å². The van der Waals surface area contributed by atoms with Gasteiger partial charge in [-0.1, -0.05) is 18.2 Å². The number of nitrogens with zero attached hydrogens (tertiary/aromatic N) is 2. The molecule has 0 radical (unpaired) electrons. The monoisotopic (exact) mass is 415 g/mol. The van der Waals surface area contributed by atoms with Gasteiger partial charge in [0.1, 0.15) is 16.3 Å². The zero-order valence-corrected chi connectivity index (χ0v) is 15.4. The van der Waals surface area contributed by atoms with E-state index in [2.05, 4.69) is 5.32 Å². The molecule has 0 atom stereocenters. The number of rotatable bonds is 7. The molecule has 0 unspecified atom stereocenters. The van der Waals surface area contributed by atoms with E-state index >= 15 is 0 Å². The molecule has 1 N–H and O–H groups in total. The van der Waals surface area contributed by atoms with Crippen LogP contribution in [0.15, 0.2) is 77.7 Å². The SMILES string of the molecule is O=[N+]([O-])c1ccc(Nc2ccc(OS(=O)(=O)c3ccccc3)cc2)c([N+](=O)[O-])c1. The zero-order valence-electron chi connectivity index (χ0n) is 14.6. The Kier molecular flexibility index (Phi) is 5.41. The first-order valence-corrected chi connectivity index (χ1v) is 9.46. The second kappa shape index (κ2) is 7.94.